The minimum atomic E-state index is -0.586. The Bertz CT molecular complexity index is 1150. The summed E-state index contributed by atoms with van der Waals surface area (Å²) in [5, 5.41) is 3.23. The van der Waals surface area contributed by atoms with E-state index in [2.05, 4.69) is 51.7 Å². The molecule has 0 spiro atoms. The van der Waals surface area contributed by atoms with E-state index >= 15 is 0 Å². The van der Waals surface area contributed by atoms with E-state index in [-0.39, 0.29) is 16.8 Å². The number of carbonyl (C=O) groups excluding carboxylic acids is 1. The van der Waals surface area contributed by atoms with Crippen molar-refractivity contribution in [3.8, 4) is 11.4 Å². The molecule has 0 fully saturated rings. The average molecular weight is 517 g/mol. The van der Waals surface area contributed by atoms with Gasteiger partial charge >= 0.3 is 0 Å². The van der Waals surface area contributed by atoms with Gasteiger partial charge in [-0.1, -0.05) is 42.5 Å². The van der Waals surface area contributed by atoms with Crippen LogP contribution in [0.2, 0.25) is 0 Å². The maximum atomic E-state index is 14.7. The Labute approximate surface area is 187 Å². The predicted molar refractivity (Wildman–Crippen MR) is 122 cm³/mol. The van der Waals surface area contributed by atoms with Gasteiger partial charge in [-0.15, -0.1) is 0 Å². The van der Waals surface area contributed by atoms with Crippen LogP contribution in [0, 0.1) is 11.2 Å². The average Bonchev–Trinajstić information content (AvgIpc) is 3.03. The zero-order valence-corrected chi connectivity index (χ0v) is 18.8. The lowest BCUT2D eigenvalue weighted by Gasteiger charge is -2.16. The molecular formula is C22H21FIN5O. The van der Waals surface area contributed by atoms with E-state index in [4.69, 9.17) is 10.7 Å². The number of benzene rings is 1. The number of alkyl halides is 1. The van der Waals surface area contributed by atoms with Gasteiger partial charge in [0.25, 0.3) is 5.91 Å². The molecule has 1 amide bonds. The molecule has 2 heterocycles. The first-order valence-corrected chi connectivity index (χ1v) is 11.1. The number of nitrogens with zero attached hydrogens (tertiary/aromatic N) is 3. The second kappa shape index (κ2) is 7.90. The first-order chi connectivity index (χ1) is 14.3. The summed E-state index contributed by atoms with van der Waals surface area (Å²) in [6.45, 7) is 4.33. The zero-order valence-electron chi connectivity index (χ0n) is 16.7. The van der Waals surface area contributed by atoms with E-state index in [1.165, 1.54) is 12.3 Å². The van der Waals surface area contributed by atoms with Crippen LogP contribution >= 0.6 is 22.6 Å². The molecule has 3 aromatic rings. The minimum Gasteiger partial charge on any atom is -0.365 e. The van der Waals surface area contributed by atoms with Crippen molar-refractivity contribution >= 4 is 40.0 Å². The second-order valence-electron chi connectivity index (χ2n) is 8.20. The summed E-state index contributed by atoms with van der Waals surface area (Å²) >= 11 is 2.24. The predicted octanol–water partition coefficient (Wildman–Crippen LogP) is 4.58. The molecule has 30 heavy (non-hydrogen) atoms. The molecular weight excluding hydrogens is 496 g/mol. The third kappa shape index (κ3) is 4.00. The van der Waals surface area contributed by atoms with Gasteiger partial charge in [-0.3, -0.25) is 9.78 Å². The van der Waals surface area contributed by atoms with Crippen molar-refractivity contribution in [2.75, 3.05) is 5.32 Å². The van der Waals surface area contributed by atoms with Crippen LogP contribution in [0.25, 0.3) is 11.4 Å². The number of rotatable bonds is 5. The number of pyridine rings is 1. The van der Waals surface area contributed by atoms with Crippen molar-refractivity contribution < 1.29 is 9.18 Å². The molecule has 0 bridgehead atoms. The molecule has 8 heteroatoms. The maximum Gasteiger partial charge on any atom is 0.252 e. The third-order valence-corrected chi connectivity index (χ3v) is 6.04. The number of nitrogens with one attached hydrogen (secondary N) is 1. The summed E-state index contributed by atoms with van der Waals surface area (Å²) in [5.41, 5.74) is 9.51. The number of nitrogens with two attached hydrogens (primary N) is 1. The van der Waals surface area contributed by atoms with Gasteiger partial charge < -0.3 is 11.1 Å². The van der Waals surface area contributed by atoms with Crippen LogP contribution in [0.4, 0.5) is 15.9 Å². The largest absolute Gasteiger partial charge is 0.365 e. The molecule has 154 valence electrons. The molecule has 0 atom stereocenters. The van der Waals surface area contributed by atoms with Crippen LogP contribution in [-0.4, -0.2) is 20.9 Å². The summed E-state index contributed by atoms with van der Waals surface area (Å²) in [5.74, 6) is -0.0625. The Hall–Kier alpha value is -2.62. The summed E-state index contributed by atoms with van der Waals surface area (Å²) < 4.78 is 15.4. The van der Waals surface area contributed by atoms with Crippen molar-refractivity contribution in [3.05, 3.63) is 64.9 Å². The molecule has 0 radical (unpaired) electrons. The number of hydrogen-bond acceptors (Lipinski definition) is 5. The zero-order chi connectivity index (χ0) is 21.5. The molecule has 3 N–H and O–H groups in total. The van der Waals surface area contributed by atoms with Gasteiger partial charge in [0.05, 0.1) is 22.5 Å². The molecule has 0 saturated heterocycles. The number of carbonyl (C=O) groups is 1. The van der Waals surface area contributed by atoms with Crippen molar-refractivity contribution in [3.63, 3.8) is 0 Å². The van der Waals surface area contributed by atoms with Gasteiger partial charge in [0, 0.05) is 22.4 Å². The lowest BCUT2D eigenvalue weighted by atomic mass is 9.90. The monoisotopic (exact) mass is 517 g/mol. The molecule has 1 aliphatic carbocycles. The van der Waals surface area contributed by atoms with Crippen molar-refractivity contribution in [2.24, 2.45) is 11.1 Å². The first kappa shape index (κ1) is 20.6. The highest BCUT2D eigenvalue weighted by atomic mass is 127. The third-order valence-electron chi connectivity index (χ3n) is 5.16. The summed E-state index contributed by atoms with van der Waals surface area (Å²) in [7, 11) is 0. The van der Waals surface area contributed by atoms with E-state index in [9.17, 15) is 9.18 Å². The number of halogens is 2. The fourth-order valence-corrected chi connectivity index (χ4v) is 4.21. The molecule has 6 nitrogen and oxygen atoms in total. The van der Waals surface area contributed by atoms with Crippen LogP contribution in [0.15, 0.2) is 36.7 Å². The van der Waals surface area contributed by atoms with Crippen molar-refractivity contribution in [1.82, 2.24) is 15.0 Å². The fraction of sp³-hybridized carbons (Fsp3) is 0.273. The number of primary amides is 1. The molecule has 0 saturated carbocycles. The highest BCUT2D eigenvalue weighted by molar-refractivity contribution is 14.1. The van der Waals surface area contributed by atoms with Crippen LogP contribution in [-0.2, 0) is 17.3 Å². The standard InChI is InChI=1S/C22H21FIN5O/c1-22(2)8-14-18(9-22)28-20(13-7-12(10-24)3-4-16(13)23)29-21(14)27-17-5-6-26-11-15(17)19(25)30/h3-7,11H,8-10H2,1-2H3,(H2,25,30)(H,26,27,28,29). The summed E-state index contributed by atoms with van der Waals surface area (Å²) in [6, 6.07) is 6.67. The van der Waals surface area contributed by atoms with Crippen LogP contribution in [0.5, 0.6) is 0 Å². The Balaban J connectivity index is 1.86. The van der Waals surface area contributed by atoms with Crippen molar-refractivity contribution in [2.45, 2.75) is 31.1 Å². The fourth-order valence-electron chi connectivity index (χ4n) is 3.73. The first-order valence-electron chi connectivity index (χ1n) is 9.53. The number of amides is 1. The normalized spacial score (nSPS) is 14.4. The Morgan fingerprint density at radius 3 is 2.80 bits per heavy atom. The SMILES string of the molecule is CC1(C)Cc2nc(-c3cc(CI)ccc3F)nc(Nc3ccncc3C(N)=O)c2C1. The van der Waals surface area contributed by atoms with Crippen LogP contribution in [0.1, 0.15) is 41.0 Å². The smallest absolute Gasteiger partial charge is 0.252 e. The molecule has 0 aliphatic heterocycles. The second-order valence-corrected chi connectivity index (χ2v) is 8.96. The highest BCUT2D eigenvalue weighted by Gasteiger charge is 2.33. The minimum absolute atomic E-state index is 0.0133. The van der Waals surface area contributed by atoms with E-state index in [1.807, 2.05) is 0 Å². The molecule has 0 unspecified atom stereocenters. The van der Waals surface area contributed by atoms with E-state index < -0.39 is 5.91 Å². The summed E-state index contributed by atoms with van der Waals surface area (Å²) in [4.78, 5) is 25.2. The molecule has 1 aliphatic rings. The number of anilines is 2. The van der Waals surface area contributed by atoms with Gasteiger partial charge in [0.2, 0.25) is 0 Å². The Kier molecular flexibility index (Phi) is 5.44. The molecule has 1 aromatic carbocycles. The quantitative estimate of drug-likeness (QED) is 0.382. The number of hydrogen-bond donors (Lipinski definition) is 2. The number of aromatic nitrogens is 3. The van der Waals surface area contributed by atoms with E-state index in [0.717, 1.165) is 34.1 Å². The Morgan fingerprint density at radius 2 is 2.07 bits per heavy atom. The van der Waals surface area contributed by atoms with Gasteiger partial charge in [-0.05, 0) is 42.0 Å². The van der Waals surface area contributed by atoms with E-state index in [1.54, 1.807) is 24.4 Å². The van der Waals surface area contributed by atoms with Crippen molar-refractivity contribution in [1.29, 1.82) is 0 Å². The maximum absolute atomic E-state index is 14.7. The van der Waals surface area contributed by atoms with E-state index in [0.29, 0.717) is 22.9 Å². The lowest BCUT2D eigenvalue weighted by molar-refractivity contribution is 0.100. The molecule has 4 rings (SSSR count). The lowest BCUT2D eigenvalue weighted by Crippen LogP contribution is -2.14. The number of fused-ring (bicyclic) bond motifs is 1. The molecule has 2 aromatic heterocycles. The Morgan fingerprint density at radius 1 is 1.27 bits per heavy atom. The van der Waals surface area contributed by atoms with Gasteiger partial charge in [-0.2, -0.15) is 0 Å². The summed E-state index contributed by atoms with van der Waals surface area (Å²) in [6.07, 6.45) is 4.53. The van der Waals surface area contributed by atoms with Crippen LogP contribution < -0.4 is 11.1 Å². The van der Waals surface area contributed by atoms with Gasteiger partial charge in [0.1, 0.15) is 11.6 Å². The van der Waals surface area contributed by atoms with Crippen LogP contribution in [0.3, 0.4) is 0 Å². The van der Waals surface area contributed by atoms with Gasteiger partial charge in [-0.25, -0.2) is 14.4 Å². The highest BCUT2D eigenvalue weighted by Crippen LogP contribution is 2.40. The topological polar surface area (TPSA) is 93.8 Å². The van der Waals surface area contributed by atoms with Gasteiger partial charge in [0.15, 0.2) is 5.82 Å².